The van der Waals surface area contributed by atoms with E-state index in [1.54, 1.807) is 6.21 Å². The van der Waals surface area contributed by atoms with Crippen molar-refractivity contribution in [2.24, 2.45) is 5.10 Å². The van der Waals surface area contributed by atoms with E-state index in [0.29, 0.717) is 11.6 Å². The Hall–Kier alpha value is -1.26. The molecule has 23 heavy (non-hydrogen) atoms. The quantitative estimate of drug-likeness (QED) is 0.318. The van der Waals surface area contributed by atoms with E-state index in [4.69, 9.17) is 21.4 Å². The third-order valence-electron chi connectivity index (χ3n) is 3.51. The summed E-state index contributed by atoms with van der Waals surface area (Å²) < 4.78 is 5.73. The average molecular weight is 341 g/mol. The standard InChI is InChI=1S/C18H29ClN2O2/c1-2-3-4-5-6-7-8-13-23-17-10-9-16(18(19)14-17)15-21-20-11-12-22/h9-10,14-15,20,22H,2-8,11-13H2,1H3/b21-15+. The summed E-state index contributed by atoms with van der Waals surface area (Å²) in [7, 11) is 0. The number of halogens is 1. The molecule has 5 heteroatoms. The summed E-state index contributed by atoms with van der Waals surface area (Å²) in [4.78, 5) is 0. The Morgan fingerprint density at radius 1 is 1.17 bits per heavy atom. The Balaban J connectivity index is 2.22. The van der Waals surface area contributed by atoms with Crippen LogP contribution in [-0.2, 0) is 0 Å². The molecule has 0 aliphatic heterocycles. The molecule has 0 atom stereocenters. The SMILES string of the molecule is CCCCCCCCCOc1ccc(/C=N/NCCO)c(Cl)c1. The van der Waals surface area contributed by atoms with Crippen molar-refractivity contribution in [1.82, 2.24) is 5.43 Å². The van der Waals surface area contributed by atoms with Crippen molar-refractivity contribution in [1.29, 1.82) is 0 Å². The Morgan fingerprint density at radius 3 is 2.61 bits per heavy atom. The minimum atomic E-state index is 0.0520. The lowest BCUT2D eigenvalue weighted by atomic mass is 10.1. The molecule has 0 heterocycles. The van der Waals surface area contributed by atoms with Gasteiger partial charge in [0, 0.05) is 5.56 Å². The van der Waals surface area contributed by atoms with Crippen molar-refractivity contribution in [3.63, 3.8) is 0 Å². The van der Waals surface area contributed by atoms with Gasteiger partial charge in [0.2, 0.25) is 0 Å². The topological polar surface area (TPSA) is 53.8 Å². The molecule has 0 fully saturated rings. The van der Waals surface area contributed by atoms with Crippen LogP contribution in [0.4, 0.5) is 0 Å². The maximum absolute atomic E-state index is 8.65. The predicted molar refractivity (Wildman–Crippen MR) is 97.6 cm³/mol. The zero-order valence-corrected chi connectivity index (χ0v) is 14.8. The highest BCUT2D eigenvalue weighted by Gasteiger charge is 2.01. The average Bonchev–Trinajstić information content (AvgIpc) is 2.55. The van der Waals surface area contributed by atoms with Crippen LogP contribution < -0.4 is 10.2 Å². The van der Waals surface area contributed by atoms with E-state index in [-0.39, 0.29) is 6.61 Å². The van der Waals surface area contributed by atoms with E-state index >= 15 is 0 Å². The van der Waals surface area contributed by atoms with Crippen LogP contribution >= 0.6 is 11.6 Å². The van der Waals surface area contributed by atoms with Gasteiger partial charge in [-0.2, -0.15) is 5.10 Å². The first-order valence-corrected chi connectivity index (χ1v) is 8.95. The zero-order valence-electron chi connectivity index (χ0n) is 14.1. The summed E-state index contributed by atoms with van der Waals surface area (Å²) >= 11 is 6.20. The lowest BCUT2D eigenvalue weighted by Gasteiger charge is -2.07. The van der Waals surface area contributed by atoms with Crippen LogP contribution in [0.1, 0.15) is 57.4 Å². The number of hydrogen-bond donors (Lipinski definition) is 2. The largest absolute Gasteiger partial charge is 0.494 e. The van der Waals surface area contributed by atoms with Crippen molar-refractivity contribution in [2.75, 3.05) is 19.8 Å². The van der Waals surface area contributed by atoms with Crippen LogP contribution in [-0.4, -0.2) is 31.1 Å². The molecule has 0 aromatic heterocycles. The van der Waals surface area contributed by atoms with Gasteiger partial charge in [0.25, 0.3) is 0 Å². The molecule has 1 aromatic carbocycles. The van der Waals surface area contributed by atoms with Gasteiger partial charge >= 0.3 is 0 Å². The Bertz CT molecular complexity index is 453. The first-order valence-electron chi connectivity index (χ1n) is 8.57. The van der Waals surface area contributed by atoms with Gasteiger partial charge in [0.1, 0.15) is 5.75 Å². The fraction of sp³-hybridized carbons (Fsp3) is 0.611. The number of unbranched alkanes of at least 4 members (excludes halogenated alkanes) is 6. The molecular weight excluding hydrogens is 312 g/mol. The highest BCUT2D eigenvalue weighted by Crippen LogP contribution is 2.21. The molecule has 0 unspecified atom stereocenters. The minimum Gasteiger partial charge on any atom is -0.494 e. The number of rotatable bonds is 13. The van der Waals surface area contributed by atoms with Gasteiger partial charge in [-0.15, -0.1) is 0 Å². The minimum absolute atomic E-state index is 0.0520. The Morgan fingerprint density at radius 2 is 1.91 bits per heavy atom. The van der Waals surface area contributed by atoms with E-state index in [1.807, 2.05) is 18.2 Å². The van der Waals surface area contributed by atoms with E-state index < -0.39 is 0 Å². The highest BCUT2D eigenvalue weighted by molar-refractivity contribution is 6.33. The molecule has 0 saturated heterocycles. The molecule has 2 N–H and O–H groups in total. The second-order valence-corrected chi connectivity index (χ2v) is 5.95. The molecule has 1 rings (SSSR count). The molecule has 1 aromatic rings. The summed E-state index contributed by atoms with van der Waals surface area (Å²) in [5.74, 6) is 0.793. The predicted octanol–water partition coefficient (Wildman–Crippen LogP) is 4.39. The summed E-state index contributed by atoms with van der Waals surface area (Å²) in [6, 6.07) is 5.60. The van der Waals surface area contributed by atoms with Gasteiger partial charge in [-0.1, -0.05) is 57.0 Å². The molecule has 130 valence electrons. The Labute approximate surface area is 144 Å². The van der Waals surface area contributed by atoms with Crippen molar-refractivity contribution in [3.8, 4) is 5.75 Å². The van der Waals surface area contributed by atoms with Crippen LogP contribution in [0.25, 0.3) is 0 Å². The highest BCUT2D eigenvalue weighted by atomic mass is 35.5. The molecule has 0 radical (unpaired) electrons. The fourth-order valence-electron chi connectivity index (χ4n) is 2.18. The van der Waals surface area contributed by atoms with Crippen molar-refractivity contribution < 1.29 is 9.84 Å². The molecule has 0 spiro atoms. The summed E-state index contributed by atoms with van der Waals surface area (Å²) in [5.41, 5.74) is 3.54. The third-order valence-corrected chi connectivity index (χ3v) is 3.83. The van der Waals surface area contributed by atoms with Crippen LogP contribution in [0.15, 0.2) is 23.3 Å². The van der Waals surface area contributed by atoms with E-state index in [1.165, 1.54) is 38.5 Å². The van der Waals surface area contributed by atoms with Gasteiger partial charge in [0.15, 0.2) is 0 Å². The van der Waals surface area contributed by atoms with Crippen molar-refractivity contribution in [2.45, 2.75) is 51.9 Å². The van der Waals surface area contributed by atoms with Gasteiger partial charge < -0.3 is 15.3 Å². The molecule has 4 nitrogen and oxygen atoms in total. The number of aliphatic hydroxyl groups excluding tert-OH is 1. The van der Waals surface area contributed by atoms with Crippen LogP contribution in [0.2, 0.25) is 5.02 Å². The maximum atomic E-state index is 8.65. The molecule has 0 saturated carbocycles. The van der Waals surface area contributed by atoms with E-state index in [9.17, 15) is 0 Å². The third kappa shape index (κ3) is 9.47. The van der Waals surface area contributed by atoms with Gasteiger partial charge in [0.05, 0.1) is 31.0 Å². The maximum Gasteiger partial charge on any atom is 0.120 e. The van der Waals surface area contributed by atoms with Gasteiger partial charge in [-0.05, 0) is 24.6 Å². The fourth-order valence-corrected chi connectivity index (χ4v) is 2.40. The molecule has 0 bridgehead atoms. The normalized spacial score (nSPS) is 11.1. The number of hydrazone groups is 1. The Kier molecular flexibility index (Phi) is 11.4. The van der Waals surface area contributed by atoms with Gasteiger partial charge in [-0.25, -0.2) is 0 Å². The van der Waals surface area contributed by atoms with Gasteiger partial charge in [-0.3, -0.25) is 0 Å². The number of ether oxygens (including phenoxy) is 1. The van der Waals surface area contributed by atoms with E-state index in [0.717, 1.165) is 24.3 Å². The number of hydrogen-bond acceptors (Lipinski definition) is 4. The molecule has 0 aliphatic rings. The molecule has 0 amide bonds. The number of aliphatic hydroxyl groups is 1. The van der Waals surface area contributed by atoms with Crippen LogP contribution in [0.5, 0.6) is 5.75 Å². The summed E-state index contributed by atoms with van der Waals surface area (Å²) in [6.45, 7) is 3.45. The summed E-state index contributed by atoms with van der Waals surface area (Å²) in [5, 5.41) is 13.2. The summed E-state index contributed by atoms with van der Waals surface area (Å²) in [6.07, 6.45) is 10.6. The smallest absolute Gasteiger partial charge is 0.120 e. The zero-order chi connectivity index (χ0) is 16.8. The van der Waals surface area contributed by atoms with Crippen molar-refractivity contribution >= 4 is 17.8 Å². The lowest BCUT2D eigenvalue weighted by Crippen LogP contribution is -2.11. The first-order chi connectivity index (χ1) is 11.3. The lowest BCUT2D eigenvalue weighted by molar-refractivity contribution is 0.294. The first kappa shape index (κ1) is 19.8. The number of nitrogens with one attached hydrogen (secondary N) is 1. The second kappa shape index (κ2) is 13.2. The molecular formula is C18H29ClN2O2. The number of benzene rings is 1. The monoisotopic (exact) mass is 340 g/mol. The number of nitrogens with zero attached hydrogens (tertiary/aromatic N) is 1. The van der Waals surface area contributed by atoms with Crippen LogP contribution in [0, 0.1) is 0 Å². The van der Waals surface area contributed by atoms with E-state index in [2.05, 4.69) is 17.5 Å². The molecule has 0 aliphatic carbocycles. The van der Waals surface area contributed by atoms with Crippen molar-refractivity contribution in [3.05, 3.63) is 28.8 Å². The second-order valence-electron chi connectivity index (χ2n) is 5.54. The van der Waals surface area contributed by atoms with Crippen LogP contribution in [0.3, 0.4) is 0 Å².